The van der Waals surface area contributed by atoms with Crippen molar-refractivity contribution in [2.45, 2.75) is 33.1 Å². The van der Waals surface area contributed by atoms with Crippen molar-refractivity contribution in [3.63, 3.8) is 0 Å². The number of benzene rings is 2. The Morgan fingerprint density at radius 2 is 1.93 bits per heavy atom. The number of carbonyl (C=O) groups excluding carboxylic acids is 2. The number of nitrogens with zero attached hydrogens (tertiary/aromatic N) is 1. The molecule has 2 N–H and O–H groups in total. The maximum Gasteiger partial charge on any atom is 0.255 e. The Morgan fingerprint density at radius 1 is 1.07 bits per heavy atom. The van der Waals surface area contributed by atoms with Crippen LogP contribution in [0.4, 0.5) is 10.8 Å². The number of amides is 2. The predicted molar refractivity (Wildman–Crippen MR) is 113 cm³/mol. The van der Waals surface area contributed by atoms with Crippen LogP contribution in [0.5, 0.6) is 5.75 Å². The molecule has 2 aromatic carbocycles. The average molecular weight is 398 g/mol. The number of thiazole rings is 1. The lowest BCUT2D eigenvalue weighted by atomic mass is 10.2. The molecule has 3 rings (SSSR count). The van der Waals surface area contributed by atoms with Crippen molar-refractivity contribution < 1.29 is 14.3 Å². The summed E-state index contributed by atoms with van der Waals surface area (Å²) < 4.78 is 6.48. The van der Waals surface area contributed by atoms with E-state index in [2.05, 4.69) is 15.6 Å². The molecule has 0 spiro atoms. The third kappa shape index (κ3) is 5.07. The number of hydrogen-bond acceptors (Lipinski definition) is 5. The number of carbonyl (C=O) groups is 2. The van der Waals surface area contributed by atoms with Crippen LogP contribution in [-0.2, 0) is 4.79 Å². The average Bonchev–Trinajstić information content (AvgIpc) is 3.08. The predicted octanol–water partition coefficient (Wildman–Crippen LogP) is 5.08. The van der Waals surface area contributed by atoms with E-state index in [1.54, 1.807) is 24.3 Å². The summed E-state index contributed by atoms with van der Waals surface area (Å²) in [5.41, 5.74) is 1.99. The third-order valence-electron chi connectivity index (χ3n) is 3.94. The first-order valence-electron chi connectivity index (χ1n) is 9.33. The van der Waals surface area contributed by atoms with E-state index < -0.39 is 0 Å². The SMILES string of the molecule is CCCOc1cccc(C(=O)Nc2ccc3nc(NC(=O)CCC)sc3c2)c1. The van der Waals surface area contributed by atoms with Crippen molar-refractivity contribution in [2.75, 3.05) is 17.2 Å². The van der Waals surface area contributed by atoms with Gasteiger partial charge in [-0.25, -0.2) is 4.98 Å². The molecule has 3 aromatic rings. The van der Waals surface area contributed by atoms with Gasteiger partial charge in [0.25, 0.3) is 5.91 Å². The van der Waals surface area contributed by atoms with Gasteiger partial charge in [-0.3, -0.25) is 9.59 Å². The number of fused-ring (bicyclic) bond motifs is 1. The van der Waals surface area contributed by atoms with Crippen LogP contribution in [-0.4, -0.2) is 23.4 Å². The summed E-state index contributed by atoms with van der Waals surface area (Å²) in [4.78, 5) is 28.7. The topological polar surface area (TPSA) is 80.3 Å². The minimum atomic E-state index is -0.206. The largest absolute Gasteiger partial charge is 0.494 e. The van der Waals surface area contributed by atoms with Gasteiger partial charge in [0.2, 0.25) is 5.91 Å². The monoisotopic (exact) mass is 397 g/mol. The second kappa shape index (κ2) is 9.32. The fourth-order valence-electron chi connectivity index (χ4n) is 2.61. The Bertz CT molecular complexity index is 984. The summed E-state index contributed by atoms with van der Waals surface area (Å²) in [6.45, 7) is 4.61. The molecule has 0 saturated carbocycles. The Hall–Kier alpha value is -2.93. The van der Waals surface area contributed by atoms with Gasteiger partial charge in [0, 0.05) is 17.7 Å². The number of anilines is 2. The van der Waals surface area contributed by atoms with Gasteiger partial charge >= 0.3 is 0 Å². The maximum atomic E-state index is 12.6. The smallest absolute Gasteiger partial charge is 0.255 e. The van der Waals surface area contributed by atoms with E-state index in [0.717, 1.165) is 23.1 Å². The Balaban J connectivity index is 1.71. The van der Waals surface area contributed by atoms with Crippen molar-refractivity contribution in [1.29, 1.82) is 0 Å². The molecule has 1 heterocycles. The molecule has 2 amide bonds. The van der Waals surface area contributed by atoms with Crippen LogP contribution in [0.1, 0.15) is 43.5 Å². The maximum absolute atomic E-state index is 12.6. The second-order valence-electron chi connectivity index (χ2n) is 6.33. The minimum Gasteiger partial charge on any atom is -0.494 e. The van der Waals surface area contributed by atoms with Crippen LogP contribution in [0.15, 0.2) is 42.5 Å². The van der Waals surface area contributed by atoms with Crippen molar-refractivity contribution in [3.05, 3.63) is 48.0 Å². The molecular weight excluding hydrogens is 374 g/mol. The zero-order chi connectivity index (χ0) is 19.9. The third-order valence-corrected chi connectivity index (χ3v) is 4.87. The molecule has 0 aliphatic carbocycles. The molecule has 6 nitrogen and oxygen atoms in total. The second-order valence-corrected chi connectivity index (χ2v) is 7.36. The Morgan fingerprint density at radius 3 is 2.71 bits per heavy atom. The molecular formula is C21H23N3O3S. The summed E-state index contributed by atoms with van der Waals surface area (Å²) in [6, 6.07) is 12.6. The van der Waals surface area contributed by atoms with Crippen molar-refractivity contribution >= 4 is 44.2 Å². The van der Waals surface area contributed by atoms with Crippen LogP contribution in [0.25, 0.3) is 10.2 Å². The molecule has 1 aromatic heterocycles. The van der Waals surface area contributed by atoms with E-state index in [0.29, 0.717) is 35.2 Å². The molecule has 0 unspecified atom stereocenters. The quantitative estimate of drug-likeness (QED) is 0.556. The molecule has 0 aliphatic rings. The van der Waals surface area contributed by atoms with Crippen molar-refractivity contribution in [3.8, 4) is 5.75 Å². The standard InChI is InChI=1S/C21H23N3O3S/c1-3-6-19(25)24-21-23-17-10-9-15(13-18(17)28-21)22-20(26)14-7-5-8-16(12-14)27-11-4-2/h5,7-10,12-13H,3-4,6,11H2,1-2H3,(H,22,26)(H,23,24,25). The molecule has 0 bridgehead atoms. The summed E-state index contributed by atoms with van der Waals surface area (Å²) in [7, 11) is 0. The molecule has 0 aliphatic heterocycles. The zero-order valence-corrected chi connectivity index (χ0v) is 16.8. The fraction of sp³-hybridized carbons (Fsp3) is 0.286. The molecule has 0 radical (unpaired) electrons. The van der Waals surface area contributed by atoms with E-state index in [9.17, 15) is 9.59 Å². The molecule has 28 heavy (non-hydrogen) atoms. The first kappa shape index (κ1) is 19.8. The first-order chi connectivity index (χ1) is 13.6. The van der Waals surface area contributed by atoms with Crippen LogP contribution < -0.4 is 15.4 Å². The van der Waals surface area contributed by atoms with E-state index in [4.69, 9.17) is 4.74 Å². The Labute approximate surface area is 167 Å². The van der Waals surface area contributed by atoms with Crippen molar-refractivity contribution in [1.82, 2.24) is 4.98 Å². The number of hydrogen-bond donors (Lipinski definition) is 2. The van der Waals surface area contributed by atoms with Crippen molar-refractivity contribution in [2.24, 2.45) is 0 Å². The van der Waals surface area contributed by atoms with Crippen LogP contribution in [0, 0.1) is 0 Å². The van der Waals surface area contributed by atoms with Gasteiger partial charge in [0.15, 0.2) is 5.13 Å². The van der Waals surface area contributed by atoms with Gasteiger partial charge < -0.3 is 15.4 Å². The van der Waals surface area contributed by atoms with E-state index in [-0.39, 0.29) is 11.8 Å². The van der Waals surface area contributed by atoms with Crippen LogP contribution in [0.2, 0.25) is 0 Å². The van der Waals surface area contributed by atoms with E-state index in [1.165, 1.54) is 11.3 Å². The Kier molecular flexibility index (Phi) is 6.60. The molecule has 146 valence electrons. The summed E-state index contributed by atoms with van der Waals surface area (Å²) in [5.74, 6) is 0.433. The zero-order valence-electron chi connectivity index (χ0n) is 16.0. The number of ether oxygens (including phenoxy) is 1. The normalized spacial score (nSPS) is 10.6. The van der Waals surface area contributed by atoms with Gasteiger partial charge in [-0.05, 0) is 49.2 Å². The lowest BCUT2D eigenvalue weighted by molar-refractivity contribution is -0.116. The fourth-order valence-corrected chi connectivity index (χ4v) is 3.54. The highest BCUT2D eigenvalue weighted by atomic mass is 32.1. The van der Waals surface area contributed by atoms with E-state index in [1.807, 2.05) is 32.0 Å². The summed E-state index contributed by atoms with van der Waals surface area (Å²) in [5, 5.41) is 6.28. The van der Waals surface area contributed by atoms with Gasteiger partial charge in [-0.1, -0.05) is 31.3 Å². The lowest BCUT2D eigenvalue weighted by Gasteiger charge is -2.08. The van der Waals surface area contributed by atoms with E-state index >= 15 is 0 Å². The van der Waals surface area contributed by atoms with Crippen LogP contribution in [0.3, 0.4) is 0 Å². The number of aromatic nitrogens is 1. The first-order valence-corrected chi connectivity index (χ1v) is 10.2. The minimum absolute atomic E-state index is 0.0414. The number of rotatable bonds is 8. The lowest BCUT2D eigenvalue weighted by Crippen LogP contribution is -2.12. The highest BCUT2D eigenvalue weighted by molar-refractivity contribution is 7.22. The summed E-state index contributed by atoms with van der Waals surface area (Å²) in [6.07, 6.45) is 2.17. The summed E-state index contributed by atoms with van der Waals surface area (Å²) >= 11 is 1.39. The molecule has 0 saturated heterocycles. The highest BCUT2D eigenvalue weighted by Crippen LogP contribution is 2.29. The van der Waals surface area contributed by atoms with Gasteiger partial charge in [0.05, 0.1) is 16.8 Å². The van der Waals surface area contributed by atoms with Crippen LogP contribution >= 0.6 is 11.3 Å². The molecule has 0 atom stereocenters. The molecule has 7 heteroatoms. The van der Waals surface area contributed by atoms with Gasteiger partial charge in [0.1, 0.15) is 5.75 Å². The highest BCUT2D eigenvalue weighted by Gasteiger charge is 2.11. The molecule has 0 fully saturated rings. The van der Waals surface area contributed by atoms with Gasteiger partial charge in [-0.2, -0.15) is 0 Å². The number of nitrogens with one attached hydrogen (secondary N) is 2. The van der Waals surface area contributed by atoms with Gasteiger partial charge in [-0.15, -0.1) is 0 Å².